The van der Waals surface area contributed by atoms with E-state index in [1.165, 1.54) is 0 Å². The van der Waals surface area contributed by atoms with Crippen molar-refractivity contribution >= 4 is 28.6 Å². The van der Waals surface area contributed by atoms with Gasteiger partial charge in [0.05, 0.1) is 27.7 Å². The Morgan fingerprint density at radius 3 is 2.85 bits per heavy atom. The third-order valence-corrected chi connectivity index (χ3v) is 5.28. The van der Waals surface area contributed by atoms with Gasteiger partial charge in [0.25, 0.3) is 5.91 Å². The minimum Gasteiger partial charge on any atom is -0.349 e. The molecule has 0 aliphatic heterocycles. The minimum absolute atomic E-state index is 0.0283. The van der Waals surface area contributed by atoms with Gasteiger partial charge in [-0.1, -0.05) is 30.3 Å². The molecule has 4 nitrogen and oxygen atoms in total. The molecule has 1 aliphatic rings. The Labute approximate surface area is 156 Å². The number of nitrogens with zero attached hydrogens (tertiary/aromatic N) is 2. The molecule has 1 N–H and O–H groups in total. The molecule has 1 aromatic heterocycles. The van der Waals surface area contributed by atoms with Crippen LogP contribution in [0.5, 0.6) is 0 Å². The van der Waals surface area contributed by atoms with Crippen molar-refractivity contribution in [2.45, 2.75) is 29.7 Å². The van der Waals surface area contributed by atoms with E-state index < -0.39 is 0 Å². The molecule has 0 atom stereocenters. The fourth-order valence-electron chi connectivity index (χ4n) is 2.79. The van der Waals surface area contributed by atoms with E-state index in [4.69, 9.17) is 5.26 Å². The van der Waals surface area contributed by atoms with E-state index in [1.807, 2.05) is 48.5 Å². The molecule has 128 valence electrons. The summed E-state index contributed by atoms with van der Waals surface area (Å²) in [6, 6.07) is 19.6. The largest absolute Gasteiger partial charge is 0.349 e. The molecule has 1 heterocycles. The number of carbonyl (C=O) groups is 1. The smallest absolute Gasteiger partial charge is 0.252 e. The van der Waals surface area contributed by atoms with E-state index in [0.29, 0.717) is 22.9 Å². The molecule has 26 heavy (non-hydrogen) atoms. The lowest BCUT2D eigenvalue weighted by molar-refractivity contribution is 0.0952. The standard InChI is InChI=1S/C21H17N3OS/c22-12-14-4-3-5-15(10-14)13-26-20-11-18(21(25)23-16-8-9-16)17-6-1-2-7-19(17)24-20/h1-7,10-11,16H,8-9,13H2,(H,23,25). The lowest BCUT2D eigenvalue weighted by Gasteiger charge is -2.10. The summed E-state index contributed by atoms with van der Waals surface area (Å²) in [7, 11) is 0. The summed E-state index contributed by atoms with van der Waals surface area (Å²) in [5.74, 6) is 0.671. The summed E-state index contributed by atoms with van der Waals surface area (Å²) < 4.78 is 0. The van der Waals surface area contributed by atoms with Gasteiger partial charge < -0.3 is 5.32 Å². The van der Waals surface area contributed by atoms with Gasteiger partial charge >= 0.3 is 0 Å². The number of thioether (sulfide) groups is 1. The average Bonchev–Trinajstić information content (AvgIpc) is 3.49. The van der Waals surface area contributed by atoms with Crippen molar-refractivity contribution < 1.29 is 4.79 Å². The Morgan fingerprint density at radius 1 is 1.19 bits per heavy atom. The summed E-state index contributed by atoms with van der Waals surface area (Å²) in [6.45, 7) is 0. The first-order valence-electron chi connectivity index (χ1n) is 8.55. The Kier molecular flexibility index (Phi) is 4.59. The molecule has 0 unspecified atom stereocenters. The van der Waals surface area contributed by atoms with Gasteiger partial charge in [-0.3, -0.25) is 4.79 Å². The molecule has 1 saturated carbocycles. The number of rotatable bonds is 5. The zero-order chi connectivity index (χ0) is 17.9. The van der Waals surface area contributed by atoms with Gasteiger partial charge in [-0.15, -0.1) is 11.8 Å². The van der Waals surface area contributed by atoms with Crippen molar-refractivity contribution in [2.75, 3.05) is 0 Å². The maximum Gasteiger partial charge on any atom is 0.252 e. The molecule has 1 aliphatic carbocycles. The van der Waals surface area contributed by atoms with Crippen LogP contribution in [0.3, 0.4) is 0 Å². The molecule has 5 heteroatoms. The predicted molar refractivity (Wildman–Crippen MR) is 103 cm³/mol. The van der Waals surface area contributed by atoms with E-state index >= 15 is 0 Å². The van der Waals surface area contributed by atoms with Crippen molar-refractivity contribution in [1.29, 1.82) is 5.26 Å². The number of nitrogens with one attached hydrogen (secondary N) is 1. The third-order valence-electron chi connectivity index (χ3n) is 4.29. The zero-order valence-electron chi connectivity index (χ0n) is 14.1. The maximum absolute atomic E-state index is 12.6. The van der Waals surface area contributed by atoms with Crippen LogP contribution in [0.2, 0.25) is 0 Å². The second-order valence-corrected chi connectivity index (χ2v) is 7.37. The predicted octanol–water partition coefficient (Wildman–Crippen LogP) is 4.29. The summed E-state index contributed by atoms with van der Waals surface area (Å²) in [6.07, 6.45) is 2.12. The maximum atomic E-state index is 12.6. The number of pyridine rings is 1. The number of para-hydroxylation sites is 1. The van der Waals surface area contributed by atoms with Gasteiger partial charge in [-0.05, 0) is 42.7 Å². The van der Waals surface area contributed by atoms with Crippen LogP contribution in [0.15, 0.2) is 59.6 Å². The van der Waals surface area contributed by atoms with Crippen LogP contribution in [0.25, 0.3) is 10.9 Å². The molecule has 0 saturated heterocycles. The van der Waals surface area contributed by atoms with Crippen molar-refractivity contribution in [1.82, 2.24) is 10.3 Å². The van der Waals surface area contributed by atoms with E-state index in [2.05, 4.69) is 16.4 Å². The van der Waals surface area contributed by atoms with Crippen LogP contribution in [-0.4, -0.2) is 16.9 Å². The second-order valence-electron chi connectivity index (χ2n) is 6.37. The van der Waals surface area contributed by atoms with Gasteiger partial charge in [-0.25, -0.2) is 4.98 Å². The normalized spacial score (nSPS) is 13.3. The Bertz CT molecular complexity index is 1020. The molecule has 0 radical (unpaired) electrons. The molecular formula is C21H17N3OS. The minimum atomic E-state index is -0.0283. The van der Waals surface area contributed by atoms with E-state index in [0.717, 1.165) is 34.3 Å². The Balaban J connectivity index is 1.62. The van der Waals surface area contributed by atoms with Gasteiger partial charge in [0.2, 0.25) is 0 Å². The fraction of sp³-hybridized carbons (Fsp3) is 0.190. The Hall–Kier alpha value is -2.84. The highest BCUT2D eigenvalue weighted by Gasteiger charge is 2.25. The summed E-state index contributed by atoms with van der Waals surface area (Å²) in [4.78, 5) is 17.3. The number of carbonyl (C=O) groups excluding carboxylic acids is 1. The summed E-state index contributed by atoms with van der Waals surface area (Å²) in [5.41, 5.74) is 3.21. The molecule has 1 fully saturated rings. The molecule has 1 amide bonds. The molecular weight excluding hydrogens is 342 g/mol. The van der Waals surface area contributed by atoms with Crippen molar-refractivity contribution in [3.63, 3.8) is 0 Å². The van der Waals surface area contributed by atoms with E-state index in [1.54, 1.807) is 17.8 Å². The highest BCUT2D eigenvalue weighted by Crippen LogP contribution is 2.28. The Morgan fingerprint density at radius 2 is 2.04 bits per heavy atom. The van der Waals surface area contributed by atoms with Gasteiger partial charge in [0, 0.05) is 17.2 Å². The second kappa shape index (κ2) is 7.19. The number of fused-ring (bicyclic) bond motifs is 1. The van der Waals surface area contributed by atoms with Crippen LogP contribution < -0.4 is 5.32 Å². The van der Waals surface area contributed by atoms with Gasteiger partial charge in [-0.2, -0.15) is 5.26 Å². The number of hydrogen-bond acceptors (Lipinski definition) is 4. The quantitative estimate of drug-likeness (QED) is 0.690. The highest BCUT2D eigenvalue weighted by atomic mass is 32.2. The number of nitriles is 1. The van der Waals surface area contributed by atoms with Crippen molar-refractivity contribution in [2.24, 2.45) is 0 Å². The first-order valence-corrected chi connectivity index (χ1v) is 9.54. The number of aromatic nitrogens is 1. The van der Waals surface area contributed by atoms with Crippen LogP contribution >= 0.6 is 11.8 Å². The summed E-state index contributed by atoms with van der Waals surface area (Å²) in [5, 5.41) is 13.8. The van der Waals surface area contributed by atoms with Crippen molar-refractivity contribution in [3.05, 3.63) is 71.3 Å². The zero-order valence-corrected chi connectivity index (χ0v) is 14.9. The molecule has 0 spiro atoms. The van der Waals surface area contributed by atoms with Crippen LogP contribution in [-0.2, 0) is 5.75 Å². The molecule has 4 rings (SSSR count). The first-order chi connectivity index (χ1) is 12.7. The van der Waals surface area contributed by atoms with Crippen LogP contribution in [0.4, 0.5) is 0 Å². The molecule has 2 aromatic carbocycles. The lowest BCUT2D eigenvalue weighted by Crippen LogP contribution is -2.25. The van der Waals surface area contributed by atoms with E-state index in [9.17, 15) is 4.79 Å². The van der Waals surface area contributed by atoms with Gasteiger partial charge in [0.15, 0.2) is 0 Å². The van der Waals surface area contributed by atoms with Gasteiger partial charge in [0.1, 0.15) is 0 Å². The fourth-order valence-corrected chi connectivity index (χ4v) is 3.65. The summed E-state index contributed by atoms with van der Waals surface area (Å²) >= 11 is 1.57. The van der Waals surface area contributed by atoms with E-state index in [-0.39, 0.29) is 5.91 Å². The topological polar surface area (TPSA) is 65.8 Å². The number of benzene rings is 2. The highest BCUT2D eigenvalue weighted by molar-refractivity contribution is 7.98. The van der Waals surface area contributed by atoms with Crippen molar-refractivity contribution in [3.8, 4) is 6.07 Å². The SMILES string of the molecule is N#Cc1cccc(CSc2cc(C(=O)NC3CC3)c3ccccc3n2)c1. The first kappa shape index (κ1) is 16.6. The lowest BCUT2D eigenvalue weighted by atomic mass is 10.1. The third kappa shape index (κ3) is 3.71. The number of hydrogen-bond donors (Lipinski definition) is 1. The molecule has 3 aromatic rings. The van der Waals surface area contributed by atoms with Crippen LogP contribution in [0.1, 0.15) is 34.3 Å². The molecule has 0 bridgehead atoms. The number of amides is 1. The van der Waals surface area contributed by atoms with Crippen LogP contribution in [0, 0.1) is 11.3 Å². The monoisotopic (exact) mass is 359 g/mol. The average molecular weight is 359 g/mol.